The van der Waals surface area contributed by atoms with Crippen LogP contribution in [0.4, 0.5) is 13.2 Å². The number of nitrogens with zero attached hydrogens (tertiary/aromatic N) is 3. The van der Waals surface area contributed by atoms with Crippen LogP contribution in [-0.2, 0) is 6.18 Å². The Morgan fingerprint density at radius 2 is 2.00 bits per heavy atom. The number of hydrogen-bond donors (Lipinski definition) is 1. The second kappa shape index (κ2) is 4.54. The number of aromatic nitrogens is 3. The molecule has 0 aromatic carbocycles. The molecule has 2 aromatic rings. The number of alkyl halides is 3. The second-order valence-electron chi connectivity index (χ2n) is 3.48. The Kier molecular flexibility index (Phi) is 3.19. The van der Waals surface area contributed by atoms with Crippen LogP contribution in [0.15, 0.2) is 24.7 Å². The zero-order chi connectivity index (χ0) is 14.2. The van der Waals surface area contributed by atoms with Crippen molar-refractivity contribution in [3.8, 4) is 5.69 Å². The molecule has 1 N–H and O–H groups in total. The third kappa shape index (κ3) is 2.53. The van der Waals surface area contributed by atoms with Crippen molar-refractivity contribution in [2.75, 3.05) is 0 Å². The van der Waals surface area contributed by atoms with Crippen LogP contribution in [0.2, 0.25) is 5.02 Å². The number of pyridine rings is 1. The predicted octanol–water partition coefficient (Wildman–Crippen LogP) is 2.64. The van der Waals surface area contributed by atoms with E-state index in [-0.39, 0.29) is 10.7 Å². The van der Waals surface area contributed by atoms with Gasteiger partial charge in [0.15, 0.2) is 5.69 Å². The lowest BCUT2D eigenvalue weighted by atomic mass is 10.2. The summed E-state index contributed by atoms with van der Waals surface area (Å²) in [7, 11) is 0. The van der Waals surface area contributed by atoms with Gasteiger partial charge in [-0.1, -0.05) is 11.6 Å². The molecular formula is C10H5ClF3N3O2. The van der Waals surface area contributed by atoms with Crippen LogP contribution < -0.4 is 0 Å². The molecule has 19 heavy (non-hydrogen) atoms. The molecule has 0 aliphatic rings. The topological polar surface area (TPSA) is 68.0 Å². The number of carbonyl (C=O) groups is 1. The molecule has 0 fully saturated rings. The highest BCUT2D eigenvalue weighted by Crippen LogP contribution is 2.33. The van der Waals surface area contributed by atoms with E-state index in [0.717, 1.165) is 6.20 Å². The van der Waals surface area contributed by atoms with Crippen molar-refractivity contribution in [3.63, 3.8) is 0 Å². The molecule has 0 unspecified atom stereocenters. The molecule has 5 nitrogen and oxygen atoms in total. The van der Waals surface area contributed by atoms with Crippen LogP contribution in [0.25, 0.3) is 5.69 Å². The Morgan fingerprint density at radius 1 is 1.32 bits per heavy atom. The fourth-order valence-corrected chi connectivity index (χ4v) is 1.66. The zero-order valence-electron chi connectivity index (χ0n) is 9.02. The summed E-state index contributed by atoms with van der Waals surface area (Å²) in [6.07, 6.45) is -1.90. The van der Waals surface area contributed by atoms with Crippen molar-refractivity contribution in [1.82, 2.24) is 14.8 Å². The molecule has 0 bridgehead atoms. The van der Waals surface area contributed by atoms with Crippen LogP contribution in [0.5, 0.6) is 0 Å². The van der Waals surface area contributed by atoms with Gasteiger partial charge in [-0.3, -0.25) is 4.98 Å². The summed E-state index contributed by atoms with van der Waals surface area (Å²) >= 11 is 5.63. The first-order valence-electron chi connectivity index (χ1n) is 4.80. The molecule has 0 aliphatic carbocycles. The first-order valence-corrected chi connectivity index (χ1v) is 5.18. The Bertz CT molecular complexity index is 639. The van der Waals surface area contributed by atoms with Crippen LogP contribution in [0, 0.1) is 0 Å². The standard InChI is InChI=1S/C10H5ClF3N3O2/c11-5-1-6(3-15-2-5)17-8(10(12,13)14)7(4-16-17)9(18)19/h1-4H,(H,18,19). The van der Waals surface area contributed by atoms with Crippen molar-refractivity contribution < 1.29 is 23.1 Å². The summed E-state index contributed by atoms with van der Waals surface area (Å²) in [6, 6.07) is 1.20. The van der Waals surface area contributed by atoms with Gasteiger partial charge in [0.25, 0.3) is 0 Å². The zero-order valence-corrected chi connectivity index (χ0v) is 9.77. The van der Waals surface area contributed by atoms with Gasteiger partial charge in [-0.15, -0.1) is 0 Å². The molecule has 0 atom stereocenters. The van der Waals surface area contributed by atoms with Gasteiger partial charge in [0.1, 0.15) is 5.56 Å². The van der Waals surface area contributed by atoms with Crippen molar-refractivity contribution in [2.24, 2.45) is 0 Å². The van der Waals surface area contributed by atoms with Gasteiger partial charge >= 0.3 is 12.1 Å². The fraction of sp³-hybridized carbons (Fsp3) is 0.100. The van der Waals surface area contributed by atoms with Gasteiger partial charge in [-0.25, -0.2) is 9.48 Å². The quantitative estimate of drug-likeness (QED) is 0.923. The Labute approximate surface area is 109 Å². The second-order valence-corrected chi connectivity index (χ2v) is 3.92. The molecule has 0 spiro atoms. The van der Waals surface area contributed by atoms with E-state index in [1.165, 1.54) is 12.3 Å². The maximum Gasteiger partial charge on any atom is 0.434 e. The summed E-state index contributed by atoms with van der Waals surface area (Å²) in [6.45, 7) is 0. The summed E-state index contributed by atoms with van der Waals surface area (Å²) in [5.74, 6) is -1.71. The third-order valence-electron chi connectivity index (χ3n) is 2.20. The van der Waals surface area contributed by atoms with E-state index in [1.807, 2.05) is 0 Å². The largest absolute Gasteiger partial charge is 0.478 e. The van der Waals surface area contributed by atoms with Gasteiger partial charge in [0.2, 0.25) is 0 Å². The monoisotopic (exact) mass is 291 g/mol. The third-order valence-corrected chi connectivity index (χ3v) is 2.41. The number of halogens is 4. The average Bonchev–Trinajstić information content (AvgIpc) is 2.73. The van der Waals surface area contributed by atoms with Crippen molar-refractivity contribution in [2.45, 2.75) is 6.18 Å². The number of aromatic carboxylic acids is 1. The summed E-state index contributed by atoms with van der Waals surface area (Å²) < 4.78 is 39.2. The van der Waals surface area contributed by atoms with Gasteiger partial charge < -0.3 is 5.11 Å². The average molecular weight is 292 g/mol. The van der Waals surface area contributed by atoms with E-state index in [2.05, 4.69) is 10.1 Å². The number of carboxylic acid groups (broad SMARTS) is 1. The number of hydrogen-bond acceptors (Lipinski definition) is 3. The predicted molar refractivity (Wildman–Crippen MR) is 58.3 cm³/mol. The highest BCUT2D eigenvalue weighted by atomic mass is 35.5. The summed E-state index contributed by atoms with van der Waals surface area (Å²) in [5.41, 5.74) is -2.40. The van der Waals surface area contributed by atoms with Crippen molar-refractivity contribution in [3.05, 3.63) is 40.9 Å². The van der Waals surface area contributed by atoms with Gasteiger partial charge in [0, 0.05) is 6.20 Å². The Morgan fingerprint density at radius 3 is 2.53 bits per heavy atom. The van der Waals surface area contributed by atoms with Crippen LogP contribution in [0.1, 0.15) is 16.1 Å². The smallest absolute Gasteiger partial charge is 0.434 e. The normalized spacial score (nSPS) is 11.6. The molecule has 2 rings (SSSR count). The van der Waals surface area contributed by atoms with E-state index in [1.54, 1.807) is 0 Å². The lowest BCUT2D eigenvalue weighted by Crippen LogP contribution is -2.17. The van der Waals surface area contributed by atoms with Gasteiger partial charge in [-0.2, -0.15) is 18.3 Å². The molecule has 0 saturated carbocycles. The fourth-order valence-electron chi connectivity index (χ4n) is 1.49. The highest BCUT2D eigenvalue weighted by Gasteiger charge is 2.40. The Hall–Kier alpha value is -2.09. The maximum atomic E-state index is 12.9. The SMILES string of the molecule is O=C(O)c1cnn(-c2cncc(Cl)c2)c1C(F)(F)F. The first-order chi connectivity index (χ1) is 8.80. The first kappa shape index (κ1) is 13.3. The lowest BCUT2D eigenvalue weighted by Gasteiger charge is -2.11. The Balaban J connectivity index is 2.68. The molecular weight excluding hydrogens is 287 g/mol. The summed E-state index contributed by atoms with van der Waals surface area (Å²) in [5, 5.41) is 12.3. The van der Waals surface area contributed by atoms with E-state index in [9.17, 15) is 18.0 Å². The van der Waals surface area contributed by atoms with E-state index in [0.29, 0.717) is 10.9 Å². The molecule has 0 amide bonds. The molecule has 2 aromatic heterocycles. The number of rotatable bonds is 2. The molecule has 2 heterocycles. The molecule has 100 valence electrons. The van der Waals surface area contributed by atoms with Crippen LogP contribution in [-0.4, -0.2) is 25.8 Å². The van der Waals surface area contributed by atoms with Gasteiger partial charge in [-0.05, 0) is 6.07 Å². The highest BCUT2D eigenvalue weighted by molar-refractivity contribution is 6.30. The van der Waals surface area contributed by atoms with Crippen LogP contribution in [0.3, 0.4) is 0 Å². The maximum absolute atomic E-state index is 12.9. The molecule has 9 heteroatoms. The van der Waals surface area contributed by atoms with E-state index in [4.69, 9.17) is 16.7 Å². The minimum atomic E-state index is -4.87. The van der Waals surface area contributed by atoms with Crippen molar-refractivity contribution >= 4 is 17.6 Å². The van der Waals surface area contributed by atoms with Gasteiger partial charge in [0.05, 0.1) is 23.1 Å². The minimum Gasteiger partial charge on any atom is -0.478 e. The van der Waals surface area contributed by atoms with E-state index < -0.39 is 23.4 Å². The number of carboxylic acids is 1. The van der Waals surface area contributed by atoms with E-state index >= 15 is 0 Å². The molecule has 0 saturated heterocycles. The lowest BCUT2D eigenvalue weighted by molar-refractivity contribution is -0.143. The molecule has 0 aliphatic heterocycles. The van der Waals surface area contributed by atoms with Crippen molar-refractivity contribution in [1.29, 1.82) is 0 Å². The van der Waals surface area contributed by atoms with Crippen LogP contribution >= 0.6 is 11.6 Å². The minimum absolute atomic E-state index is 0.0766. The summed E-state index contributed by atoms with van der Waals surface area (Å²) in [4.78, 5) is 14.4. The molecule has 0 radical (unpaired) electrons.